The van der Waals surface area contributed by atoms with Crippen molar-refractivity contribution >= 4 is 0 Å². The summed E-state index contributed by atoms with van der Waals surface area (Å²) in [6.45, 7) is 5.83. The van der Waals surface area contributed by atoms with Crippen LogP contribution in [0.5, 0.6) is 5.75 Å². The quantitative estimate of drug-likeness (QED) is 0.741. The summed E-state index contributed by atoms with van der Waals surface area (Å²) in [7, 11) is 0. The Morgan fingerprint density at radius 3 is 2.95 bits per heavy atom. The molecule has 0 aromatic heterocycles. The van der Waals surface area contributed by atoms with Crippen LogP contribution in [0.2, 0.25) is 0 Å². The van der Waals surface area contributed by atoms with Crippen LogP contribution >= 0.6 is 0 Å². The number of aliphatic hydroxyl groups excluding tert-OH is 1. The highest BCUT2D eigenvalue weighted by atomic mass is 16.5. The molecule has 1 aliphatic rings. The maximum Gasteiger partial charge on any atom is 0.124 e. The van der Waals surface area contributed by atoms with Crippen molar-refractivity contribution in [2.75, 3.05) is 13.2 Å². The Kier molecular flexibility index (Phi) is 5.43. The van der Waals surface area contributed by atoms with Crippen molar-refractivity contribution in [3.05, 3.63) is 42.5 Å². The fraction of sp³-hybridized carbons (Fsp3) is 0.500. The van der Waals surface area contributed by atoms with Gasteiger partial charge in [0.1, 0.15) is 12.4 Å². The first-order valence-corrected chi connectivity index (χ1v) is 7.01. The largest absolute Gasteiger partial charge is 0.489 e. The molecule has 0 spiro atoms. The number of para-hydroxylation sites is 1. The van der Waals surface area contributed by atoms with E-state index >= 15 is 0 Å². The molecule has 1 aromatic rings. The molecule has 2 unspecified atom stereocenters. The Balaban J connectivity index is 1.83. The predicted molar refractivity (Wildman–Crippen MR) is 77.2 cm³/mol. The molecule has 1 aromatic carbocycles. The second-order valence-electron chi connectivity index (χ2n) is 5.10. The number of hydrogen-bond donors (Lipinski definition) is 2. The Morgan fingerprint density at radius 2 is 2.21 bits per heavy atom. The van der Waals surface area contributed by atoms with Crippen LogP contribution in [0.3, 0.4) is 0 Å². The number of aliphatic hydroxyl groups is 1. The average molecular weight is 261 g/mol. The van der Waals surface area contributed by atoms with E-state index in [2.05, 4.69) is 18.0 Å². The van der Waals surface area contributed by atoms with Gasteiger partial charge < -0.3 is 15.2 Å². The van der Waals surface area contributed by atoms with Crippen LogP contribution in [0.15, 0.2) is 36.9 Å². The monoisotopic (exact) mass is 261 g/mol. The number of benzene rings is 1. The van der Waals surface area contributed by atoms with Gasteiger partial charge in [-0.05, 0) is 24.8 Å². The van der Waals surface area contributed by atoms with E-state index in [1.807, 2.05) is 18.2 Å². The lowest BCUT2D eigenvalue weighted by Gasteiger charge is -2.16. The molecular weight excluding hydrogens is 238 g/mol. The number of rotatable bonds is 7. The Bertz CT molecular complexity index is 405. The maximum absolute atomic E-state index is 9.78. The first-order valence-electron chi connectivity index (χ1n) is 7.01. The standard InChI is InChI=1S/C16H23NO2/c1-2-10-19-16-9-4-3-6-14(16)12-17-11-13-7-5-8-15(13)18/h2-4,6,9,13,15,17-18H,1,5,7-8,10-12H2. The molecule has 3 nitrogen and oxygen atoms in total. The molecule has 0 bridgehead atoms. The lowest BCUT2D eigenvalue weighted by Crippen LogP contribution is -2.27. The zero-order valence-electron chi connectivity index (χ0n) is 11.3. The van der Waals surface area contributed by atoms with Crippen LogP contribution in [0, 0.1) is 5.92 Å². The number of nitrogens with one attached hydrogen (secondary N) is 1. The second-order valence-corrected chi connectivity index (χ2v) is 5.10. The Labute approximate surface area is 115 Å². The van der Waals surface area contributed by atoms with Gasteiger partial charge in [0.2, 0.25) is 0 Å². The van der Waals surface area contributed by atoms with Crippen LogP contribution in [-0.4, -0.2) is 24.4 Å². The van der Waals surface area contributed by atoms with Crippen molar-refractivity contribution in [2.24, 2.45) is 5.92 Å². The molecule has 1 saturated carbocycles. The molecule has 104 valence electrons. The Hall–Kier alpha value is -1.32. The maximum atomic E-state index is 9.78. The van der Waals surface area contributed by atoms with E-state index in [0.29, 0.717) is 12.5 Å². The summed E-state index contributed by atoms with van der Waals surface area (Å²) in [5.41, 5.74) is 1.15. The summed E-state index contributed by atoms with van der Waals surface area (Å²) in [6, 6.07) is 8.03. The summed E-state index contributed by atoms with van der Waals surface area (Å²) < 4.78 is 5.62. The minimum absolute atomic E-state index is 0.125. The molecule has 0 saturated heterocycles. The van der Waals surface area contributed by atoms with Gasteiger partial charge in [0.25, 0.3) is 0 Å². The highest BCUT2D eigenvalue weighted by Crippen LogP contribution is 2.25. The zero-order chi connectivity index (χ0) is 13.5. The molecule has 0 radical (unpaired) electrons. The predicted octanol–water partition coefficient (Wildman–Crippen LogP) is 2.50. The molecule has 0 heterocycles. The third kappa shape index (κ3) is 4.08. The van der Waals surface area contributed by atoms with Gasteiger partial charge in [0.15, 0.2) is 0 Å². The third-order valence-electron chi connectivity index (χ3n) is 3.67. The van der Waals surface area contributed by atoms with Gasteiger partial charge in [0.05, 0.1) is 6.10 Å². The van der Waals surface area contributed by atoms with E-state index < -0.39 is 0 Å². The molecule has 1 fully saturated rings. The second kappa shape index (κ2) is 7.31. The van der Waals surface area contributed by atoms with E-state index in [1.165, 1.54) is 0 Å². The van der Waals surface area contributed by atoms with Crippen molar-refractivity contribution in [2.45, 2.75) is 31.9 Å². The number of ether oxygens (including phenoxy) is 1. The van der Waals surface area contributed by atoms with Gasteiger partial charge in [-0.3, -0.25) is 0 Å². The first-order chi connectivity index (χ1) is 9.31. The first kappa shape index (κ1) is 14.1. The molecule has 2 rings (SSSR count). The van der Waals surface area contributed by atoms with Crippen molar-refractivity contribution in [1.82, 2.24) is 5.32 Å². The minimum atomic E-state index is -0.125. The molecule has 3 heteroatoms. The normalized spacial score (nSPS) is 22.4. The van der Waals surface area contributed by atoms with Crippen molar-refractivity contribution in [1.29, 1.82) is 0 Å². The highest BCUT2D eigenvalue weighted by Gasteiger charge is 2.24. The van der Waals surface area contributed by atoms with Gasteiger partial charge in [-0.25, -0.2) is 0 Å². The third-order valence-corrected chi connectivity index (χ3v) is 3.67. The van der Waals surface area contributed by atoms with Crippen molar-refractivity contribution in [3.63, 3.8) is 0 Å². The molecule has 2 N–H and O–H groups in total. The highest BCUT2D eigenvalue weighted by molar-refractivity contribution is 5.33. The molecule has 2 atom stereocenters. The number of hydrogen-bond acceptors (Lipinski definition) is 3. The molecule has 0 aliphatic heterocycles. The zero-order valence-corrected chi connectivity index (χ0v) is 11.3. The van der Waals surface area contributed by atoms with E-state index in [9.17, 15) is 5.11 Å². The van der Waals surface area contributed by atoms with Crippen LogP contribution in [0.1, 0.15) is 24.8 Å². The smallest absolute Gasteiger partial charge is 0.124 e. The minimum Gasteiger partial charge on any atom is -0.489 e. The van der Waals surface area contributed by atoms with Gasteiger partial charge >= 0.3 is 0 Å². The van der Waals surface area contributed by atoms with Crippen LogP contribution in [0.25, 0.3) is 0 Å². The van der Waals surface area contributed by atoms with E-state index in [4.69, 9.17) is 4.74 Å². The summed E-state index contributed by atoms with van der Waals surface area (Å²) in [5.74, 6) is 1.31. The van der Waals surface area contributed by atoms with E-state index in [0.717, 1.165) is 43.7 Å². The summed E-state index contributed by atoms with van der Waals surface area (Å²) in [5, 5.41) is 13.2. The molecule has 1 aliphatic carbocycles. The van der Waals surface area contributed by atoms with Crippen LogP contribution in [-0.2, 0) is 6.54 Å². The Morgan fingerprint density at radius 1 is 1.37 bits per heavy atom. The van der Waals surface area contributed by atoms with Gasteiger partial charge in [0, 0.05) is 18.7 Å². The fourth-order valence-corrected chi connectivity index (χ4v) is 2.59. The SMILES string of the molecule is C=CCOc1ccccc1CNCC1CCCC1O. The average Bonchev–Trinajstić information content (AvgIpc) is 2.83. The molecule has 0 amide bonds. The van der Waals surface area contributed by atoms with Crippen molar-refractivity contribution in [3.8, 4) is 5.75 Å². The van der Waals surface area contributed by atoms with Crippen LogP contribution < -0.4 is 10.1 Å². The summed E-state index contributed by atoms with van der Waals surface area (Å²) >= 11 is 0. The molecular formula is C16H23NO2. The lowest BCUT2D eigenvalue weighted by atomic mass is 10.1. The van der Waals surface area contributed by atoms with Crippen LogP contribution in [0.4, 0.5) is 0 Å². The lowest BCUT2D eigenvalue weighted by molar-refractivity contribution is 0.131. The van der Waals surface area contributed by atoms with Gasteiger partial charge in [-0.1, -0.05) is 37.3 Å². The fourth-order valence-electron chi connectivity index (χ4n) is 2.59. The van der Waals surface area contributed by atoms with E-state index in [-0.39, 0.29) is 6.10 Å². The van der Waals surface area contributed by atoms with Gasteiger partial charge in [-0.2, -0.15) is 0 Å². The molecule has 19 heavy (non-hydrogen) atoms. The summed E-state index contributed by atoms with van der Waals surface area (Å²) in [6.07, 6.45) is 4.85. The van der Waals surface area contributed by atoms with Gasteiger partial charge in [-0.15, -0.1) is 0 Å². The van der Waals surface area contributed by atoms with E-state index in [1.54, 1.807) is 6.08 Å². The summed E-state index contributed by atoms with van der Waals surface area (Å²) in [4.78, 5) is 0. The van der Waals surface area contributed by atoms with Crippen molar-refractivity contribution < 1.29 is 9.84 Å². The topological polar surface area (TPSA) is 41.5 Å².